The lowest BCUT2D eigenvalue weighted by molar-refractivity contribution is -0.134. The number of thiophene rings is 1. The largest absolute Gasteiger partial charge is 0.339 e. The van der Waals surface area contributed by atoms with Crippen LogP contribution in [-0.4, -0.2) is 52.3 Å². The van der Waals surface area contributed by atoms with Crippen molar-refractivity contribution in [2.24, 2.45) is 5.92 Å². The summed E-state index contributed by atoms with van der Waals surface area (Å²) in [7, 11) is 0. The minimum atomic E-state index is -1.17. The maximum absolute atomic E-state index is 13.9. The number of piperidine rings is 1. The Hall–Kier alpha value is -3.52. The quantitative estimate of drug-likeness (QED) is 0.532. The zero-order valence-electron chi connectivity index (χ0n) is 19.6. The normalized spacial score (nSPS) is 20.8. The predicted octanol–water partition coefficient (Wildman–Crippen LogP) is 3.99. The molecule has 2 saturated heterocycles. The molecule has 0 saturated carbocycles. The van der Waals surface area contributed by atoms with Crippen molar-refractivity contribution in [2.45, 2.75) is 31.7 Å². The average Bonchev–Trinajstić information content (AvgIpc) is 3.50. The van der Waals surface area contributed by atoms with Crippen molar-refractivity contribution >= 4 is 29.2 Å². The number of benzene rings is 1. The van der Waals surface area contributed by atoms with Gasteiger partial charge < -0.3 is 10.2 Å². The third-order valence-corrected chi connectivity index (χ3v) is 8.12. The lowest BCUT2D eigenvalue weighted by atomic mass is 9.73. The molecule has 2 aromatic heterocycles. The molecule has 0 radical (unpaired) electrons. The number of carbonyl (C=O) groups excluding carboxylic acids is 3. The smallest absolute Gasteiger partial charge is 0.325 e. The molecule has 8 heteroatoms. The van der Waals surface area contributed by atoms with Crippen molar-refractivity contribution in [3.05, 3.63) is 87.9 Å². The third-order valence-electron chi connectivity index (χ3n) is 7.18. The molecule has 180 valence electrons. The summed E-state index contributed by atoms with van der Waals surface area (Å²) in [6, 6.07) is 14.9. The Morgan fingerprint density at radius 3 is 2.60 bits per heavy atom. The van der Waals surface area contributed by atoms with Crippen molar-refractivity contribution in [2.75, 3.05) is 19.6 Å². The van der Waals surface area contributed by atoms with Crippen LogP contribution in [0.2, 0.25) is 0 Å². The molecule has 3 aromatic rings. The lowest BCUT2D eigenvalue weighted by Gasteiger charge is -2.41. The van der Waals surface area contributed by atoms with Crippen molar-refractivity contribution in [1.29, 1.82) is 0 Å². The molecule has 4 amide bonds. The Labute approximate surface area is 208 Å². The van der Waals surface area contributed by atoms with E-state index >= 15 is 0 Å². The molecule has 0 spiro atoms. The standard InChI is InChI=1S/C27H28N4O3S/c1-19-6-2-3-9-23(19)24(32)30-14-10-20(11-15-30)27(21-7-4-13-28-18-21)25(33)31(26(34)29-27)16-12-22-8-5-17-35-22/h2-9,13,17-18,20H,10-12,14-16H2,1H3,(H,29,34). The summed E-state index contributed by atoms with van der Waals surface area (Å²) in [6.07, 6.45) is 5.18. The van der Waals surface area contributed by atoms with Crippen LogP contribution >= 0.6 is 11.3 Å². The first-order chi connectivity index (χ1) is 17.0. The monoisotopic (exact) mass is 488 g/mol. The summed E-state index contributed by atoms with van der Waals surface area (Å²) in [5.41, 5.74) is 1.18. The Balaban J connectivity index is 1.38. The number of pyridine rings is 1. The first-order valence-electron chi connectivity index (χ1n) is 11.9. The number of carbonyl (C=O) groups is 3. The molecule has 1 unspecified atom stereocenters. The lowest BCUT2D eigenvalue weighted by Crippen LogP contribution is -2.54. The summed E-state index contributed by atoms with van der Waals surface area (Å²) in [4.78, 5) is 48.7. The second-order valence-corrected chi connectivity index (χ2v) is 10.2. The molecular formula is C27H28N4O3S. The summed E-state index contributed by atoms with van der Waals surface area (Å²) >= 11 is 1.62. The van der Waals surface area contributed by atoms with Crippen LogP contribution in [0.5, 0.6) is 0 Å². The van der Waals surface area contributed by atoms with Crippen LogP contribution in [-0.2, 0) is 16.8 Å². The Morgan fingerprint density at radius 1 is 1.11 bits per heavy atom. The molecule has 0 bridgehead atoms. The van der Waals surface area contributed by atoms with Crippen molar-refractivity contribution < 1.29 is 14.4 Å². The van der Waals surface area contributed by atoms with Crippen LogP contribution in [0.4, 0.5) is 4.79 Å². The van der Waals surface area contributed by atoms with Gasteiger partial charge in [0.25, 0.3) is 11.8 Å². The number of hydrogen-bond acceptors (Lipinski definition) is 5. The van der Waals surface area contributed by atoms with Gasteiger partial charge in [0.1, 0.15) is 0 Å². The predicted molar refractivity (Wildman–Crippen MR) is 134 cm³/mol. The summed E-state index contributed by atoms with van der Waals surface area (Å²) in [6.45, 7) is 3.32. The maximum atomic E-state index is 13.9. The molecule has 1 atom stereocenters. The second-order valence-electron chi connectivity index (χ2n) is 9.15. The van der Waals surface area contributed by atoms with Crippen LogP contribution in [0.1, 0.15) is 39.2 Å². The molecular weight excluding hydrogens is 460 g/mol. The highest BCUT2D eigenvalue weighted by molar-refractivity contribution is 7.09. The third kappa shape index (κ3) is 4.23. The molecule has 35 heavy (non-hydrogen) atoms. The molecule has 1 N–H and O–H groups in total. The van der Waals surface area contributed by atoms with Crippen LogP contribution in [0.25, 0.3) is 0 Å². The molecule has 2 fully saturated rings. The van der Waals surface area contributed by atoms with Gasteiger partial charge in [-0.2, -0.15) is 0 Å². The SMILES string of the molecule is Cc1ccccc1C(=O)N1CCC(C2(c3cccnc3)NC(=O)N(CCc3cccs3)C2=O)CC1. The molecule has 2 aliphatic heterocycles. The summed E-state index contributed by atoms with van der Waals surface area (Å²) < 4.78 is 0. The fourth-order valence-corrected chi connectivity index (χ4v) is 5.98. The van der Waals surface area contributed by atoms with E-state index in [2.05, 4.69) is 10.3 Å². The maximum Gasteiger partial charge on any atom is 0.325 e. The molecule has 1 aromatic carbocycles. The van der Waals surface area contributed by atoms with Gasteiger partial charge in [0, 0.05) is 48.0 Å². The minimum absolute atomic E-state index is 0.0105. The van der Waals surface area contributed by atoms with E-state index < -0.39 is 5.54 Å². The number of rotatable bonds is 6. The number of urea groups is 1. The zero-order chi connectivity index (χ0) is 24.4. The second kappa shape index (κ2) is 9.62. The van der Waals surface area contributed by atoms with Gasteiger partial charge in [0.2, 0.25) is 0 Å². The van der Waals surface area contributed by atoms with Gasteiger partial charge in [0.05, 0.1) is 0 Å². The number of aryl methyl sites for hydroxylation is 1. The van der Waals surface area contributed by atoms with Crippen molar-refractivity contribution in [3.8, 4) is 0 Å². The fourth-order valence-electron chi connectivity index (χ4n) is 5.28. The van der Waals surface area contributed by atoms with Crippen molar-refractivity contribution in [3.63, 3.8) is 0 Å². The summed E-state index contributed by atoms with van der Waals surface area (Å²) in [5.74, 6) is -0.358. The van der Waals surface area contributed by atoms with E-state index in [4.69, 9.17) is 0 Å². The van der Waals surface area contributed by atoms with E-state index in [1.165, 1.54) is 4.90 Å². The average molecular weight is 489 g/mol. The number of likely N-dealkylation sites (tertiary alicyclic amines) is 1. The van der Waals surface area contributed by atoms with E-state index in [0.29, 0.717) is 50.0 Å². The van der Waals surface area contributed by atoms with Crippen LogP contribution in [0.3, 0.4) is 0 Å². The summed E-state index contributed by atoms with van der Waals surface area (Å²) in [5, 5.41) is 5.06. The van der Waals surface area contributed by atoms with Crippen LogP contribution < -0.4 is 5.32 Å². The molecule has 2 aliphatic rings. The first kappa shape index (κ1) is 23.2. The molecule has 4 heterocycles. The van der Waals surface area contributed by atoms with Gasteiger partial charge in [-0.3, -0.25) is 19.5 Å². The van der Waals surface area contributed by atoms with E-state index in [1.54, 1.807) is 29.8 Å². The van der Waals surface area contributed by atoms with E-state index in [9.17, 15) is 14.4 Å². The number of aromatic nitrogens is 1. The first-order valence-corrected chi connectivity index (χ1v) is 12.8. The number of amides is 4. The van der Waals surface area contributed by atoms with E-state index in [0.717, 1.165) is 10.4 Å². The number of nitrogens with one attached hydrogen (secondary N) is 1. The fraction of sp³-hybridized carbons (Fsp3) is 0.333. The molecule has 5 rings (SSSR count). The van der Waals surface area contributed by atoms with E-state index in [1.807, 2.05) is 59.7 Å². The highest BCUT2D eigenvalue weighted by Crippen LogP contribution is 2.41. The van der Waals surface area contributed by atoms with Crippen molar-refractivity contribution in [1.82, 2.24) is 20.1 Å². The Bertz CT molecular complexity index is 1220. The van der Waals surface area contributed by atoms with Gasteiger partial charge in [-0.15, -0.1) is 11.3 Å². The highest BCUT2D eigenvalue weighted by Gasteiger charge is 2.57. The Kier molecular flexibility index (Phi) is 6.38. The number of hydrogen-bond donors (Lipinski definition) is 1. The van der Waals surface area contributed by atoms with Gasteiger partial charge >= 0.3 is 6.03 Å². The Morgan fingerprint density at radius 2 is 1.91 bits per heavy atom. The number of imide groups is 1. The topological polar surface area (TPSA) is 82.6 Å². The van der Waals surface area contributed by atoms with Gasteiger partial charge in [-0.1, -0.05) is 30.3 Å². The molecule has 0 aliphatic carbocycles. The van der Waals surface area contributed by atoms with Crippen LogP contribution in [0.15, 0.2) is 66.3 Å². The van der Waals surface area contributed by atoms with E-state index in [-0.39, 0.29) is 23.8 Å². The van der Waals surface area contributed by atoms with Gasteiger partial charge in [-0.25, -0.2) is 4.79 Å². The molecule has 7 nitrogen and oxygen atoms in total. The highest BCUT2D eigenvalue weighted by atomic mass is 32.1. The zero-order valence-corrected chi connectivity index (χ0v) is 20.5. The number of nitrogens with zero attached hydrogens (tertiary/aromatic N) is 3. The van der Waals surface area contributed by atoms with Gasteiger partial charge in [0.15, 0.2) is 5.54 Å². The minimum Gasteiger partial charge on any atom is -0.339 e. The van der Waals surface area contributed by atoms with Crippen LogP contribution in [0, 0.1) is 12.8 Å². The van der Waals surface area contributed by atoms with Gasteiger partial charge in [-0.05, 0) is 61.2 Å².